The molecule has 3 aliphatic rings. The standard InChI is InChI=1S/C24H26BNO2/c1-22(2)23(3,4)28-25(27-22)17-8-10-19-18-9-7-16(15-26)13-20(18)24(21(19)14-17)11-5-6-12-24/h7-10,13-14H,5-6,11-12H2,1-4H3. The molecule has 2 aliphatic carbocycles. The van der Waals surface area contributed by atoms with Gasteiger partial charge in [0.15, 0.2) is 0 Å². The predicted molar refractivity (Wildman–Crippen MR) is 112 cm³/mol. The minimum absolute atomic E-state index is 0.0389. The molecule has 1 saturated heterocycles. The summed E-state index contributed by atoms with van der Waals surface area (Å²) in [5.41, 5.74) is 6.53. The Balaban J connectivity index is 1.63. The first-order valence-corrected chi connectivity index (χ1v) is 10.3. The third-order valence-electron chi connectivity index (χ3n) is 7.50. The fourth-order valence-electron chi connectivity index (χ4n) is 5.23. The van der Waals surface area contributed by atoms with Crippen LogP contribution in [0.2, 0.25) is 0 Å². The largest absolute Gasteiger partial charge is 0.494 e. The van der Waals surface area contributed by atoms with Crippen molar-refractivity contribution in [3.8, 4) is 17.2 Å². The predicted octanol–water partition coefficient (Wildman–Crippen LogP) is 4.70. The van der Waals surface area contributed by atoms with Gasteiger partial charge in [0.05, 0.1) is 22.8 Å². The second-order valence-electron chi connectivity index (χ2n) is 9.55. The molecule has 1 heterocycles. The molecule has 2 aromatic carbocycles. The first-order valence-electron chi connectivity index (χ1n) is 10.3. The molecular weight excluding hydrogens is 345 g/mol. The fourth-order valence-corrected chi connectivity index (χ4v) is 5.23. The third kappa shape index (κ3) is 2.30. The van der Waals surface area contributed by atoms with Gasteiger partial charge in [-0.2, -0.15) is 5.26 Å². The molecule has 1 aliphatic heterocycles. The van der Waals surface area contributed by atoms with Crippen molar-refractivity contribution in [1.82, 2.24) is 0 Å². The maximum Gasteiger partial charge on any atom is 0.494 e. The Bertz CT molecular complexity index is 996. The quantitative estimate of drug-likeness (QED) is 0.683. The molecule has 3 nitrogen and oxygen atoms in total. The summed E-state index contributed by atoms with van der Waals surface area (Å²) in [7, 11) is -0.341. The van der Waals surface area contributed by atoms with Crippen LogP contribution in [-0.2, 0) is 14.7 Å². The fraction of sp³-hybridized carbons (Fsp3) is 0.458. The zero-order chi connectivity index (χ0) is 19.7. The molecule has 5 rings (SSSR count). The van der Waals surface area contributed by atoms with E-state index in [-0.39, 0.29) is 23.7 Å². The van der Waals surface area contributed by atoms with Gasteiger partial charge in [-0.25, -0.2) is 0 Å². The van der Waals surface area contributed by atoms with Crippen LogP contribution < -0.4 is 5.46 Å². The number of hydrogen-bond donors (Lipinski definition) is 0. The molecule has 2 fully saturated rings. The highest BCUT2D eigenvalue weighted by atomic mass is 16.7. The molecule has 0 unspecified atom stereocenters. The molecule has 142 valence electrons. The summed E-state index contributed by atoms with van der Waals surface area (Å²) in [5.74, 6) is 0. The second kappa shape index (κ2) is 5.72. The Morgan fingerprint density at radius 2 is 1.43 bits per heavy atom. The molecule has 0 radical (unpaired) electrons. The molecule has 0 atom stereocenters. The van der Waals surface area contributed by atoms with Gasteiger partial charge in [-0.3, -0.25) is 0 Å². The van der Waals surface area contributed by atoms with Crippen LogP contribution in [0.1, 0.15) is 70.1 Å². The van der Waals surface area contributed by atoms with E-state index in [1.54, 1.807) is 0 Å². The van der Waals surface area contributed by atoms with Crippen LogP contribution >= 0.6 is 0 Å². The molecule has 0 amide bonds. The number of nitriles is 1. The van der Waals surface area contributed by atoms with E-state index in [0.29, 0.717) is 0 Å². The third-order valence-corrected chi connectivity index (χ3v) is 7.50. The van der Waals surface area contributed by atoms with Crippen LogP contribution in [-0.4, -0.2) is 18.3 Å². The maximum atomic E-state index is 9.42. The average molecular weight is 371 g/mol. The van der Waals surface area contributed by atoms with Gasteiger partial charge in [-0.1, -0.05) is 37.1 Å². The SMILES string of the molecule is CC1(C)OB(c2ccc3c(c2)C2(CCCC2)c2cc(C#N)ccc2-3)OC1(C)C. The van der Waals surface area contributed by atoms with E-state index in [9.17, 15) is 5.26 Å². The lowest BCUT2D eigenvalue weighted by molar-refractivity contribution is 0.00578. The Labute approximate surface area is 167 Å². The van der Waals surface area contributed by atoms with Gasteiger partial charge in [0.25, 0.3) is 0 Å². The Morgan fingerprint density at radius 1 is 0.857 bits per heavy atom. The summed E-state index contributed by atoms with van der Waals surface area (Å²) in [6.07, 6.45) is 4.76. The minimum Gasteiger partial charge on any atom is -0.399 e. The van der Waals surface area contributed by atoms with E-state index in [0.717, 1.165) is 23.9 Å². The minimum atomic E-state index is -0.341. The lowest BCUT2D eigenvalue weighted by Gasteiger charge is -2.32. The zero-order valence-electron chi connectivity index (χ0n) is 17.1. The van der Waals surface area contributed by atoms with Crippen molar-refractivity contribution in [3.05, 3.63) is 53.1 Å². The molecule has 1 spiro atoms. The van der Waals surface area contributed by atoms with Crippen LogP contribution in [0.4, 0.5) is 0 Å². The van der Waals surface area contributed by atoms with Gasteiger partial charge in [-0.15, -0.1) is 0 Å². The Morgan fingerprint density at radius 3 is 2.04 bits per heavy atom. The van der Waals surface area contributed by atoms with E-state index in [1.165, 1.54) is 35.1 Å². The highest BCUT2D eigenvalue weighted by Crippen LogP contribution is 2.56. The van der Waals surface area contributed by atoms with Gasteiger partial charge in [-0.05, 0) is 80.4 Å². The topological polar surface area (TPSA) is 42.2 Å². The van der Waals surface area contributed by atoms with Gasteiger partial charge >= 0.3 is 7.12 Å². The Hall–Kier alpha value is -2.09. The van der Waals surface area contributed by atoms with Crippen molar-refractivity contribution >= 4 is 12.6 Å². The molecule has 0 N–H and O–H groups in total. The first-order chi connectivity index (χ1) is 13.3. The van der Waals surface area contributed by atoms with E-state index in [2.05, 4.69) is 64.1 Å². The van der Waals surface area contributed by atoms with E-state index < -0.39 is 0 Å². The number of benzene rings is 2. The van der Waals surface area contributed by atoms with Crippen molar-refractivity contribution in [1.29, 1.82) is 5.26 Å². The van der Waals surface area contributed by atoms with Crippen LogP contribution in [0.5, 0.6) is 0 Å². The van der Waals surface area contributed by atoms with E-state index in [4.69, 9.17) is 9.31 Å². The summed E-state index contributed by atoms with van der Waals surface area (Å²) in [6, 6.07) is 15.2. The van der Waals surface area contributed by atoms with Gasteiger partial charge in [0.1, 0.15) is 0 Å². The van der Waals surface area contributed by atoms with E-state index >= 15 is 0 Å². The van der Waals surface area contributed by atoms with E-state index in [1.807, 2.05) is 6.07 Å². The summed E-state index contributed by atoms with van der Waals surface area (Å²) >= 11 is 0. The molecule has 2 aromatic rings. The number of hydrogen-bond acceptors (Lipinski definition) is 3. The zero-order valence-corrected chi connectivity index (χ0v) is 17.1. The maximum absolute atomic E-state index is 9.42. The summed E-state index contributed by atoms with van der Waals surface area (Å²) in [6.45, 7) is 8.38. The van der Waals surface area contributed by atoms with Gasteiger partial charge < -0.3 is 9.31 Å². The second-order valence-corrected chi connectivity index (χ2v) is 9.55. The number of fused-ring (bicyclic) bond motifs is 5. The van der Waals surface area contributed by atoms with Crippen molar-refractivity contribution < 1.29 is 9.31 Å². The summed E-state index contributed by atoms with van der Waals surface area (Å²) in [4.78, 5) is 0. The van der Waals surface area contributed by atoms with Crippen LogP contribution in [0.25, 0.3) is 11.1 Å². The smallest absolute Gasteiger partial charge is 0.399 e. The van der Waals surface area contributed by atoms with Crippen molar-refractivity contribution in [2.45, 2.75) is 70.0 Å². The Kier molecular flexibility index (Phi) is 3.67. The molecule has 4 heteroatoms. The van der Waals surface area contributed by atoms with Crippen molar-refractivity contribution in [2.24, 2.45) is 0 Å². The van der Waals surface area contributed by atoms with Crippen LogP contribution in [0, 0.1) is 11.3 Å². The monoisotopic (exact) mass is 371 g/mol. The van der Waals surface area contributed by atoms with Crippen LogP contribution in [0.15, 0.2) is 36.4 Å². The number of rotatable bonds is 1. The lowest BCUT2D eigenvalue weighted by Crippen LogP contribution is -2.41. The van der Waals surface area contributed by atoms with Crippen molar-refractivity contribution in [3.63, 3.8) is 0 Å². The highest BCUT2D eigenvalue weighted by Gasteiger charge is 2.52. The lowest BCUT2D eigenvalue weighted by atomic mass is 9.72. The molecule has 0 aromatic heterocycles. The molecule has 0 bridgehead atoms. The van der Waals surface area contributed by atoms with Crippen molar-refractivity contribution in [2.75, 3.05) is 0 Å². The molecule has 28 heavy (non-hydrogen) atoms. The molecular formula is C24H26BNO2. The average Bonchev–Trinajstić information content (AvgIpc) is 3.31. The number of nitrogens with zero attached hydrogens (tertiary/aromatic N) is 1. The first kappa shape index (κ1) is 18.0. The molecule has 1 saturated carbocycles. The van der Waals surface area contributed by atoms with Crippen LogP contribution in [0.3, 0.4) is 0 Å². The normalized spacial score (nSPS) is 22.9. The summed E-state index contributed by atoms with van der Waals surface area (Å²) < 4.78 is 12.6. The highest BCUT2D eigenvalue weighted by molar-refractivity contribution is 6.62. The van der Waals surface area contributed by atoms with Gasteiger partial charge in [0.2, 0.25) is 0 Å². The van der Waals surface area contributed by atoms with Gasteiger partial charge in [0, 0.05) is 5.41 Å². The summed E-state index contributed by atoms with van der Waals surface area (Å²) in [5, 5.41) is 9.42.